The number of hydrogen-bond donors (Lipinski definition) is 2. The van der Waals surface area contributed by atoms with Crippen molar-refractivity contribution in [2.24, 2.45) is 0 Å². The van der Waals surface area contributed by atoms with E-state index < -0.39 is 6.43 Å². The number of hydrogen-bond acceptors (Lipinski definition) is 5. The number of aromatic nitrogens is 6. The zero-order valence-corrected chi connectivity index (χ0v) is 15.3. The summed E-state index contributed by atoms with van der Waals surface area (Å²) < 4.78 is 33.9. The topological polar surface area (TPSA) is 97.4 Å². The van der Waals surface area contributed by atoms with E-state index in [9.17, 15) is 8.78 Å². The Morgan fingerprint density at radius 2 is 2.04 bits per heavy atom. The Kier molecular flexibility index (Phi) is 4.55. The Balaban J connectivity index is 1.66. The molecule has 0 aliphatic rings. The lowest BCUT2D eigenvalue weighted by Crippen LogP contribution is -2.18. The van der Waals surface area contributed by atoms with Crippen molar-refractivity contribution in [1.29, 1.82) is 5.41 Å². The van der Waals surface area contributed by atoms with Crippen LogP contribution in [0.1, 0.15) is 17.7 Å². The van der Waals surface area contributed by atoms with Crippen molar-refractivity contribution in [3.05, 3.63) is 58.7 Å². The summed E-state index contributed by atoms with van der Waals surface area (Å²) >= 11 is 5.86. The van der Waals surface area contributed by atoms with Gasteiger partial charge in [0, 0.05) is 6.07 Å². The molecule has 0 radical (unpaired) electrons. The lowest BCUT2D eigenvalue weighted by molar-refractivity contribution is 0.145. The molecule has 144 valence electrons. The molecule has 3 aromatic heterocycles. The Bertz CT molecular complexity index is 1200. The molecule has 3 heterocycles. The van der Waals surface area contributed by atoms with Gasteiger partial charge in [-0.05, 0) is 29.3 Å². The number of fused-ring (bicyclic) bond motifs is 1. The molecule has 2 N–H and O–H groups in total. The zero-order valence-electron chi connectivity index (χ0n) is 14.5. The van der Waals surface area contributed by atoms with Gasteiger partial charge in [-0.15, -0.1) is 0 Å². The monoisotopic (exact) mass is 405 g/mol. The Labute approximate surface area is 161 Å². The van der Waals surface area contributed by atoms with E-state index >= 15 is 0 Å². The number of benzene rings is 1. The first kappa shape index (κ1) is 18.1. The van der Waals surface area contributed by atoms with Crippen LogP contribution in [0.25, 0.3) is 16.9 Å². The SMILES string of the molecule is COc1cc(C(F)F)nn1-c1ccc(Cn2c(=N)[nH]c3cnc(Cl)nc32)cc1. The molecule has 28 heavy (non-hydrogen) atoms. The van der Waals surface area contributed by atoms with Crippen molar-refractivity contribution >= 4 is 22.8 Å². The summed E-state index contributed by atoms with van der Waals surface area (Å²) in [5.41, 5.74) is 2.37. The van der Waals surface area contributed by atoms with E-state index in [1.54, 1.807) is 16.7 Å². The van der Waals surface area contributed by atoms with Crippen LogP contribution in [0.15, 0.2) is 36.5 Å². The quantitative estimate of drug-likeness (QED) is 0.498. The van der Waals surface area contributed by atoms with Crippen LogP contribution in [0.2, 0.25) is 5.28 Å². The normalized spacial score (nSPS) is 11.5. The van der Waals surface area contributed by atoms with Crippen molar-refractivity contribution < 1.29 is 13.5 Å². The average molecular weight is 406 g/mol. The maximum atomic E-state index is 12.9. The molecule has 8 nitrogen and oxygen atoms in total. The van der Waals surface area contributed by atoms with Gasteiger partial charge in [0.1, 0.15) is 11.2 Å². The van der Waals surface area contributed by atoms with E-state index in [4.69, 9.17) is 21.7 Å². The highest BCUT2D eigenvalue weighted by atomic mass is 35.5. The van der Waals surface area contributed by atoms with Gasteiger partial charge in [-0.25, -0.2) is 18.4 Å². The first-order valence-corrected chi connectivity index (χ1v) is 8.51. The van der Waals surface area contributed by atoms with Crippen LogP contribution in [0.5, 0.6) is 5.88 Å². The second-order valence-electron chi connectivity index (χ2n) is 5.93. The van der Waals surface area contributed by atoms with Crippen molar-refractivity contribution in [3.63, 3.8) is 0 Å². The molecule has 0 atom stereocenters. The van der Waals surface area contributed by atoms with Gasteiger partial charge >= 0.3 is 0 Å². The summed E-state index contributed by atoms with van der Waals surface area (Å²) in [6.45, 7) is 0.366. The molecule has 4 aromatic rings. The highest BCUT2D eigenvalue weighted by molar-refractivity contribution is 6.28. The molecule has 0 amide bonds. The van der Waals surface area contributed by atoms with Gasteiger partial charge in [0.05, 0.1) is 25.5 Å². The summed E-state index contributed by atoms with van der Waals surface area (Å²) in [7, 11) is 1.40. The molecule has 1 aromatic carbocycles. The zero-order chi connectivity index (χ0) is 19.8. The summed E-state index contributed by atoms with van der Waals surface area (Å²) in [5.74, 6) is 0.217. The van der Waals surface area contributed by atoms with Crippen LogP contribution in [-0.2, 0) is 6.54 Å². The molecule has 0 saturated heterocycles. The number of halogens is 3. The number of nitrogens with one attached hydrogen (secondary N) is 2. The molecule has 0 saturated carbocycles. The van der Waals surface area contributed by atoms with E-state index in [2.05, 4.69) is 20.1 Å². The summed E-state index contributed by atoms with van der Waals surface area (Å²) in [6.07, 6.45) is -1.16. The first-order valence-electron chi connectivity index (χ1n) is 8.13. The minimum absolute atomic E-state index is 0.0937. The molecular weight excluding hydrogens is 392 g/mol. The molecular formula is C17H14ClF2N7O. The molecule has 0 aliphatic heterocycles. The van der Waals surface area contributed by atoms with Crippen molar-refractivity contribution in [2.75, 3.05) is 7.11 Å². The largest absolute Gasteiger partial charge is 0.481 e. The number of imidazole rings is 1. The van der Waals surface area contributed by atoms with Crippen molar-refractivity contribution in [2.45, 2.75) is 13.0 Å². The van der Waals surface area contributed by atoms with Crippen LogP contribution < -0.4 is 10.4 Å². The van der Waals surface area contributed by atoms with Crippen LogP contribution in [0, 0.1) is 5.41 Å². The van der Waals surface area contributed by atoms with Gasteiger partial charge < -0.3 is 9.72 Å². The highest BCUT2D eigenvalue weighted by Gasteiger charge is 2.17. The van der Waals surface area contributed by atoms with Gasteiger partial charge in [-0.3, -0.25) is 9.98 Å². The lowest BCUT2D eigenvalue weighted by Gasteiger charge is -2.08. The third-order valence-electron chi connectivity index (χ3n) is 4.17. The summed E-state index contributed by atoms with van der Waals surface area (Å²) in [6, 6.07) is 8.30. The third-order valence-corrected chi connectivity index (χ3v) is 4.35. The maximum absolute atomic E-state index is 12.9. The van der Waals surface area contributed by atoms with Crippen LogP contribution in [-0.4, -0.2) is 36.4 Å². The molecule has 0 aliphatic carbocycles. The maximum Gasteiger partial charge on any atom is 0.282 e. The number of H-pyrrole nitrogens is 1. The standard InChI is InChI=1S/C17H14ClF2N7O/c1-28-13-6-11(14(19)20)25-27(13)10-4-2-9(3-5-10)8-26-15-12(23-17(26)21)7-22-16(18)24-15/h2-7,14H,8H2,1H3,(H2,21,23). The molecule has 0 unspecified atom stereocenters. The number of methoxy groups -OCH3 is 1. The van der Waals surface area contributed by atoms with Crippen LogP contribution in [0.4, 0.5) is 8.78 Å². The van der Waals surface area contributed by atoms with E-state index in [0.29, 0.717) is 23.4 Å². The smallest absolute Gasteiger partial charge is 0.282 e. The fraction of sp³-hybridized carbons (Fsp3) is 0.176. The van der Waals surface area contributed by atoms with E-state index in [0.717, 1.165) is 5.56 Å². The van der Waals surface area contributed by atoms with E-state index in [1.807, 2.05) is 12.1 Å². The molecule has 0 spiro atoms. The van der Waals surface area contributed by atoms with Gasteiger partial charge in [0.25, 0.3) is 6.43 Å². The number of ether oxygens (including phenoxy) is 1. The third kappa shape index (κ3) is 3.22. The molecule has 0 bridgehead atoms. The molecule has 11 heteroatoms. The second-order valence-corrected chi connectivity index (χ2v) is 6.26. The van der Waals surface area contributed by atoms with Gasteiger partial charge in [-0.2, -0.15) is 10.1 Å². The minimum Gasteiger partial charge on any atom is -0.481 e. The van der Waals surface area contributed by atoms with Gasteiger partial charge in [-0.1, -0.05) is 12.1 Å². The number of aromatic amines is 1. The first-order chi connectivity index (χ1) is 13.5. The van der Waals surface area contributed by atoms with Crippen molar-refractivity contribution in [3.8, 4) is 11.6 Å². The predicted octanol–water partition coefficient (Wildman–Crippen LogP) is 3.07. The predicted molar refractivity (Wildman–Crippen MR) is 96.9 cm³/mol. The number of alkyl halides is 2. The fourth-order valence-corrected chi connectivity index (χ4v) is 2.97. The fourth-order valence-electron chi connectivity index (χ4n) is 2.84. The Morgan fingerprint density at radius 1 is 1.29 bits per heavy atom. The Hall–Kier alpha value is -3.27. The Morgan fingerprint density at radius 3 is 2.71 bits per heavy atom. The van der Waals surface area contributed by atoms with E-state index in [-0.39, 0.29) is 22.5 Å². The number of rotatable bonds is 5. The average Bonchev–Trinajstić information content (AvgIpc) is 3.24. The van der Waals surface area contributed by atoms with Crippen molar-refractivity contribution in [1.82, 2.24) is 29.3 Å². The summed E-state index contributed by atoms with van der Waals surface area (Å²) in [5, 5.41) is 12.1. The lowest BCUT2D eigenvalue weighted by atomic mass is 10.2. The van der Waals surface area contributed by atoms with Gasteiger partial charge in [0.15, 0.2) is 5.65 Å². The highest BCUT2D eigenvalue weighted by Crippen LogP contribution is 2.25. The minimum atomic E-state index is -2.68. The molecule has 4 rings (SSSR count). The van der Waals surface area contributed by atoms with Crippen LogP contribution >= 0.6 is 11.6 Å². The number of nitrogens with zero attached hydrogens (tertiary/aromatic N) is 5. The molecule has 0 fully saturated rings. The van der Waals surface area contributed by atoms with E-state index in [1.165, 1.54) is 24.1 Å². The van der Waals surface area contributed by atoms with Crippen LogP contribution in [0.3, 0.4) is 0 Å². The second kappa shape index (κ2) is 7.04. The summed E-state index contributed by atoms with van der Waals surface area (Å²) in [4.78, 5) is 10.9. The van der Waals surface area contributed by atoms with Gasteiger partial charge in [0.2, 0.25) is 16.8 Å².